The van der Waals surface area contributed by atoms with Crippen LogP contribution in [0.25, 0.3) is 0 Å². The first kappa shape index (κ1) is 32.5. The Hall–Kier alpha value is -3.44. The molecule has 0 N–H and O–H groups in total. The Kier molecular flexibility index (Phi) is 8.74. The van der Waals surface area contributed by atoms with Gasteiger partial charge in [-0.15, -0.1) is 0 Å². The highest BCUT2D eigenvalue weighted by Gasteiger charge is 2.44. The highest BCUT2D eigenvalue weighted by atomic mass is 19.4. The van der Waals surface area contributed by atoms with Gasteiger partial charge in [0.05, 0.1) is 37.3 Å². The molecule has 0 saturated carbocycles. The lowest BCUT2D eigenvalue weighted by molar-refractivity contribution is -0.145. The number of alkyl halides is 6. The molecule has 2 aliphatic carbocycles. The van der Waals surface area contributed by atoms with E-state index in [9.17, 15) is 35.9 Å². The molecule has 0 aromatic heterocycles. The molecule has 0 spiro atoms. The van der Waals surface area contributed by atoms with Gasteiger partial charge in [-0.1, -0.05) is 26.8 Å². The standard InChI is InChI=1S/C31H35F6NO5/c1-16-9-25(41-5)24(13-23(16)27(39)42-6)22-7-8-29(3,4)14-19(22)15-38-17(2)26(43-28(38)40)18-10-20(30(32,33)34)12-21(11-18)31(35,36)37/h9-13,16-17,23,26H,7-8,14-15H2,1-6H3/t16?,17-,23?,26-/m0/s1. The number of methoxy groups -OCH3 is 2. The monoisotopic (exact) mass is 615 g/mol. The topological polar surface area (TPSA) is 65.1 Å². The summed E-state index contributed by atoms with van der Waals surface area (Å²) in [6.45, 7) is 7.58. The van der Waals surface area contributed by atoms with Crippen molar-refractivity contribution in [2.45, 2.75) is 71.5 Å². The van der Waals surface area contributed by atoms with E-state index in [0.717, 1.165) is 17.6 Å². The molecule has 0 bridgehead atoms. The summed E-state index contributed by atoms with van der Waals surface area (Å²) >= 11 is 0. The van der Waals surface area contributed by atoms with Gasteiger partial charge in [0.25, 0.3) is 0 Å². The lowest BCUT2D eigenvalue weighted by atomic mass is 9.71. The molecular formula is C31H35F6NO5. The molecule has 6 nitrogen and oxygen atoms in total. The number of amides is 1. The van der Waals surface area contributed by atoms with Crippen LogP contribution in [0.3, 0.4) is 0 Å². The van der Waals surface area contributed by atoms with E-state index in [1.54, 1.807) is 6.08 Å². The highest BCUT2D eigenvalue weighted by molar-refractivity contribution is 5.77. The van der Waals surface area contributed by atoms with Gasteiger partial charge >= 0.3 is 24.4 Å². The van der Waals surface area contributed by atoms with E-state index in [1.165, 1.54) is 26.0 Å². The SMILES string of the molecule is COC(=O)C1C=C(C2=C(CN3C(=O)O[C@H](c4cc(C(F)(F)F)cc(C(F)(F)F)c4)[C@@H]3C)CC(C)(C)CC2)C(OC)=CC1C. The first-order valence-electron chi connectivity index (χ1n) is 13.9. The van der Waals surface area contributed by atoms with Crippen LogP contribution in [0.4, 0.5) is 31.1 Å². The van der Waals surface area contributed by atoms with Gasteiger partial charge < -0.3 is 14.2 Å². The number of hydrogen-bond donors (Lipinski definition) is 0. The predicted molar refractivity (Wildman–Crippen MR) is 144 cm³/mol. The van der Waals surface area contributed by atoms with Gasteiger partial charge in [0.2, 0.25) is 0 Å². The minimum Gasteiger partial charge on any atom is -0.496 e. The highest BCUT2D eigenvalue weighted by Crippen LogP contribution is 2.46. The van der Waals surface area contributed by atoms with Crippen LogP contribution < -0.4 is 0 Å². The maximum atomic E-state index is 13.5. The van der Waals surface area contributed by atoms with Crippen molar-refractivity contribution in [1.29, 1.82) is 0 Å². The number of nitrogens with zero attached hydrogens (tertiary/aromatic N) is 1. The van der Waals surface area contributed by atoms with Gasteiger partial charge in [-0.25, -0.2) is 4.79 Å². The summed E-state index contributed by atoms with van der Waals surface area (Å²) in [4.78, 5) is 27.0. The third kappa shape index (κ3) is 6.72. The Labute approximate surface area is 246 Å². The molecule has 1 heterocycles. The number of cyclic esters (lactones) is 1. The summed E-state index contributed by atoms with van der Waals surface area (Å²) in [5, 5.41) is 0. The number of rotatable bonds is 6. The van der Waals surface area contributed by atoms with Gasteiger partial charge in [0.1, 0.15) is 11.9 Å². The zero-order valence-corrected chi connectivity index (χ0v) is 24.8. The van der Waals surface area contributed by atoms with E-state index in [0.29, 0.717) is 36.3 Å². The van der Waals surface area contributed by atoms with Crippen LogP contribution >= 0.6 is 0 Å². The van der Waals surface area contributed by atoms with Gasteiger partial charge in [0.15, 0.2) is 0 Å². The number of allylic oxidation sites excluding steroid dienone is 2. The van der Waals surface area contributed by atoms with Gasteiger partial charge in [-0.3, -0.25) is 9.69 Å². The lowest BCUT2D eigenvalue weighted by Gasteiger charge is -2.37. The van der Waals surface area contributed by atoms with Gasteiger partial charge in [0, 0.05) is 12.1 Å². The number of ether oxygens (including phenoxy) is 3. The number of carbonyl (C=O) groups is 2. The Morgan fingerprint density at radius 1 is 1.02 bits per heavy atom. The molecule has 1 saturated heterocycles. The van der Waals surface area contributed by atoms with Crippen LogP contribution in [-0.4, -0.2) is 43.8 Å². The predicted octanol–water partition coefficient (Wildman–Crippen LogP) is 8.01. The van der Waals surface area contributed by atoms with Crippen LogP contribution in [0.2, 0.25) is 0 Å². The van der Waals surface area contributed by atoms with Crippen molar-refractivity contribution in [2.24, 2.45) is 17.3 Å². The molecule has 4 rings (SSSR count). The number of halogens is 6. The van der Waals surface area contributed by atoms with Crippen molar-refractivity contribution in [3.63, 3.8) is 0 Å². The second-order valence-corrected chi connectivity index (χ2v) is 12.2. The van der Waals surface area contributed by atoms with Crippen molar-refractivity contribution >= 4 is 12.1 Å². The molecule has 1 aromatic rings. The maximum absolute atomic E-state index is 13.5. The zero-order valence-electron chi connectivity index (χ0n) is 24.8. The van der Waals surface area contributed by atoms with Crippen LogP contribution in [0, 0.1) is 17.3 Å². The average molecular weight is 616 g/mol. The Bertz CT molecular complexity index is 1340. The molecule has 1 amide bonds. The molecule has 1 fully saturated rings. The smallest absolute Gasteiger partial charge is 0.416 e. The fourth-order valence-corrected chi connectivity index (χ4v) is 6.09. The summed E-state index contributed by atoms with van der Waals surface area (Å²) in [6, 6.07) is 0.359. The molecule has 2 unspecified atom stereocenters. The van der Waals surface area contributed by atoms with E-state index < -0.39 is 59.2 Å². The summed E-state index contributed by atoms with van der Waals surface area (Å²) in [5.41, 5.74) is -1.09. The lowest BCUT2D eigenvalue weighted by Crippen LogP contribution is -2.36. The fraction of sp³-hybridized carbons (Fsp3) is 0.548. The Balaban J connectivity index is 1.74. The number of esters is 1. The second kappa shape index (κ2) is 11.6. The summed E-state index contributed by atoms with van der Waals surface area (Å²) < 4.78 is 97.2. The van der Waals surface area contributed by atoms with Crippen LogP contribution in [-0.2, 0) is 31.4 Å². The molecule has 12 heteroatoms. The van der Waals surface area contributed by atoms with E-state index in [4.69, 9.17) is 14.2 Å². The van der Waals surface area contributed by atoms with E-state index >= 15 is 0 Å². The molecule has 3 aliphatic rings. The quantitative estimate of drug-likeness (QED) is 0.240. The first-order chi connectivity index (χ1) is 19.9. The second-order valence-electron chi connectivity index (χ2n) is 12.2. The molecule has 236 valence electrons. The van der Waals surface area contributed by atoms with Crippen molar-refractivity contribution in [1.82, 2.24) is 4.90 Å². The van der Waals surface area contributed by atoms with Gasteiger partial charge in [-0.2, -0.15) is 26.3 Å². The van der Waals surface area contributed by atoms with Crippen LogP contribution in [0.1, 0.15) is 69.8 Å². The number of hydrogen-bond acceptors (Lipinski definition) is 5. The molecular weight excluding hydrogens is 580 g/mol. The van der Waals surface area contributed by atoms with Crippen molar-refractivity contribution < 1.29 is 50.1 Å². The molecule has 1 aliphatic heterocycles. The van der Waals surface area contributed by atoms with E-state index in [2.05, 4.69) is 13.8 Å². The Morgan fingerprint density at radius 2 is 1.63 bits per heavy atom. The Morgan fingerprint density at radius 3 is 2.16 bits per heavy atom. The minimum absolute atomic E-state index is 0.0349. The third-order valence-electron chi connectivity index (χ3n) is 8.47. The molecule has 4 atom stereocenters. The van der Waals surface area contributed by atoms with Crippen LogP contribution in [0.15, 0.2) is 52.8 Å². The fourth-order valence-electron chi connectivity index (χ4n) is 6.09. The molecule has 1 aromatic carbocycles. The average Bonchev–Trinajstić information content (AvgIpc) is 3.19. The molecule has 43 heavy (non-hydrogen) atoms. The normalized spacial score (nSPS) is 26.1. The largest absolute Gasteiger partial charge is 0.496 e. The van der Waals surface area contributed by atoms with Crippen molar-refractivity contribution in [3.05, 3.63) is 69.5 Å². The van der Waals surface area contributed by atoms with Crippen LogP contribution in [0.5, 0.6) is 0 Å². The third-order valence-corrected chi connectivity index (χ3v) is 8.47. The van der Waals surface area contributed by atoms with E-state index in [1.807, 2.05) is 13.0 Å². The first-order valence-corrected chi connectivity index (χ1v) is 13.9. The summed E-state index contributed by atoms with van der Waals surface area (Å²) in [6.07, 6.45) is -6.67. The maximum Gasteiger partial charge on any atom is 0.416 e. The number of benzene rings is 1. The minimum atomic E-state index is -5.03. The summed E-state index contributed by atoms with van der Waals surface area (Å²) in [7, 11) is 2.83. The molecule has 0 radical (unpaired) electrons. The van der Waals surface area contributed by atoms with Crippen molar-refractivity contribution in [2.75, 3.05) is 20.8 Å². The summed E-state index contributed by atoms with van der Waals surface area (Å²) in [5.74, 6) is -0.600. The van der Waals surface area contributed by atoms with E-state index in [-0.39, 0.29) is 23.9 Å². The van der Waals surface area contributed by atoms with Crippen molar-refractivity contribution in [3.8, 4) is 0 Å². The number of carbonyl (C=O) groups excluding carboxylic acids is 2. The zero-order chi connectivity index (χ0) is 32.1. The van der Waals surface area contributed by atoms with Gasteiger partial charge in [-0.05, 0) is 78.5 Å².